The number of amides is 2. The van der Waals surface area contributed by atoms with Crippen molar-refractivity contribution in [2.24, 2.45) is 0 Å². The maximum absolute atomic E-state index is 12.3. The molecular formula is C18H20N2O2S. The van der Waals surface area contributed by atoms with Crippen LogP contribution in [0.25, 0.3) is 6.08 Å². The lowest BCUT2D eigenvalue weighted by Crippen LogP contribution is -2.40. The highest BCUT2D eigenvalue weighted by atomic mass is 32.1. The zero-order valence-corrected chi connectivity index (χ0v) is 14.2. The Balaban J connectivity index is 2.11. The molecule has 2 rings (SSSR count). The lowest BCUT2D eigenvalue weighted by atomic mass is 10.1. The molecule has 0 fully saturated rings. The van der Waals surface area contributed by atoms with Crippen LogP contribution >= 0.6 is 11.3 Å². The molecule has 0 bridgehead atoms. The summed E-state index contributed by atoms with van der Waals surface area (Å²) in [6, 6.07) is 10.8. The Hall–Kier alpha value is -2.40. The van der Waals surface area contributed by atoms with Gasteiger partial charge in [-0.05, 0) is 50.4 Å². The maximum atomic E-state index is 12.3. The lowest BCUT2D eigenvalue weighted by molar-refractivity contribution is -0.111. The predicted octanol–water partition coefficient (Wildman–Crippen LogP) is 3.93. The van der Waals surface area contributed by atoms with Crippen molar-refractivity contribution in [1.82, 2.24) is 5.32 Å². The van der Waals surface area contributed by atoms with Crippen molar-refractivity contribution >= 4 is 34.9 Å². The van der Waals surface area contributed by atoms with Crippen molar-refractivity contribution in [2.45, 2.75) is 26.3 Å². The predicted molar refractivity (Wildman–Crippen MR) is 95.6 cm³/mol. The van der Waals surface area contributed by atoms with Crippen molar-refractivity contribution in [1.29, 1.82) is 0 Å². The summed E-state index contributed by atoms with van der Waals surface area (Å²) in [4.78, 5) is 25.4. The average Bonchev–Trinajstić information content (AvgIpc) is 2.97. The van der Waals surface area contributed by atoms with Crippen LogP contribution in [-0.4, -0.2) is 17.4 Å². The van der Waals surface area contributed by atoms with Crippen molar-refractivity contribution in [3.8, 4) is 0 Å². The Morgan fingerprint density at radius 1 is 1.09 bits per heavy atom. The van der Waals surface area contributed by atoms with Gasteiger partial charge in [-0.3, -0.25) is 9.59 Å². The van der Waals surface area contributed by atoms with Gasteiger partial charge in [0.05, 0.1) is 11.3 Å². The second kappa shape index (κ2) is 7.24. The SMILES string of the molecule is CC(C)(C)NC(=O)c1ccccc1NC(=O)/C=C/c1cccs1. The second-order valence-electron chi connectivity index (χ2n) is 6.09. The molecule has 4 nitrogen and oxygen atoms in total. The Morgan fingerprint density at radius 3 is 2.48 bits per heavy atom. The molecule has 23 heavy (non-hydrogen) atoms. The van der Waals surface area contributed by atoms with Crippen molar-refractivity contribution in [3.63, 3.8) is 0 Å². The molecule has 120 valence electrons. The third kappa shape index (κ3) is 5.38. The fraction of sp³-hybridized carbons (Fsp3) is 0.222. The Labute approximate surface area is 140 Å². The van der Waals surface area contributed by atoms with E-state index in [0.717, 1.165) is 4.88 Å². The first-order chi connectivity index (χ1) is 10.8. The van der Waals surface area contributed by atoms with E-state index in [-0.39, 0.29) is 17.4 Å². The Morgan fingerprint density at radius 2 is 1.83 bits per heavy atom. The standard InChI is InChI=1S/C18H20N2O2S/c1-18(2,3)20-17(22)14-8-4-5-9-15(14)19-16(21)11-10-13-7-6-12-23-13/h4-12H,1-3H3,(H,19,21)(H,20,22)/b11-10+. The van der Waals surface area contributed by atoms with Gasteiger partial charge in [0.25, 0.3) is 5.91 Å². The van der Waals surface area contributed by atoms with Gasteiger partial charge in [-0.25, -0.2) is 0 Å². The van der Waals surface area contributed by atoms with E-state index in [1.54, 1.807) is 41.7 Å². The summed E-state index contributed by atoms with van der Waals surface area (Å²) in [7, 11) is 0. The maximum Gasteiger partial charge on any atom is 0.253 e. The van der Waals surface area contributed by atoms with Gasteiger partial charge in [0.1, 0.15) is 0 Å². The first-order valence-electron chi connectivity index (χ1n) is 7.29. The minimum absolute atomic E-state index is 0.212. The molecule has 0 atom stereocenters. The first-order valence-corrected chi connectivity index (χ1v) is 8.17. The van der Waals surface area contributed by atoms with E-state index in [1.165, 1.54) is 6.08 Å². The largest absolute Gasteiger partial charge is 0.347 e. The van der Waals surface area contributed by atoms with Crippen LogP contribution < -0.4 is 10.6 Å². The molecule has 2 N–H and O–H groups in total. The molecule has 2 aromatic rings. The quantitative estimate of drug-likeness (QED) is 0.836. The molecule has 0 spiro atoms. The molecule has 0 saturated carbocycles. The highest BCUT2D eigenvalue weighted by Crippen LogP contribution is 2.17. The van der Waals surface area contributed by atoms with E-state index in [4.69, 9.17) is 0 Å². The number of thiophene rings is 1. The molecule has 2 amide bonds. The fourth-order valence-corrected chi connectivity index (χ4v) is 2.53. The van der Waals surface area contributed by atoms with Crippen molar-refractivity contribution < 1.29 is 9.59 Å². The fourth-order valence-electron chi connectivity index (χ4n) is 1.92. The molecule has 0 unspecified atom stereocenters. The highest BCUT2D eigenvalue weighted by Gasteiger charge is 2.18. The zero-order valence-electron chi connectivity index (χ0n) is 13.4. The second-order valence-corrected chi connectivity index (χ2v) is 7.07. The number of hydrogen-bond donors (Lipinski definition) is 2. The molecule has 1 aromatic carbocycles. The van der Waals surface area contributed by atoms with Crippen LogP contribution in [0.3, 0.4) is 0 Å². The number of anilines is 1. The normalized spacial score (nSPS) is 11.4. The Bertz CT molecular complexity index is 713. The van der Waals surface area contributed by atoms with Crippen LogP contribution in [0.2, 0.25) is 0 Å². The van der Waals surface area contributed by atoms with Crippen LogP contribution in [0.4, 0.5) is 5.69 Å². The van der Waals surface area contributed by atoms with E-state index in [0.29, 0.717) is 11.3 Å². The first kappa shape index (κ1) is 17.0. The smallest absolute Gasteiger partial charge is 0.253 e. The highest BCUT2D eigenvalue weighted by molar-refractivity contribution is 7.10. The van der Waals surface area contributed by atoms with Gasteiger partial charge in [-0.2, -0.15) is 0 Å². The molecule has 0 radical (unpaired) electrons. The van der Waals surface area contributed by atoms with Gasteiger partial charge in [-0.15, -0.1) is 11.3 Å². The minimum Gasteiger partial charge on any atom is -0.347 e. The molecule has 0 saturated heterocycles. The van der Waals surface area contributed by atoms with E-state index in [2.05, 4.69) is 10.6 Å². The lowest BCUT2D eigenvalue weighted by Gasteiger charge is -2.21. The van der Waals surface area contributed by atoms with Crippen LogP contribution in [0.5, 0.6) is 0 Å². The summed E-state index contributed by atoms with van der Waals surface area (Å²) in [5.41, 5.74) is 0.600. The summed E-state index contributed by atoms with van der Waals surface area (Å²) >= 11 is 1.55. The zero-order chi connectivity index (χ0) is 16.9. The van der Waals surface area contributed by atoms with Crippen molar-refractivity contribution in [3.05, 3.63) is 58.3 Å². The van der Waals surface area contributed by atoms with E-state index in [9.17, 15) is 9.59 Å². The monoisotopic (exact) mass is 328 g/mol. The van der Waals surface area contributed by atoms with Crippen LogP contribution in [-0.2, 0) is 4.79 Å². The van der Waals surface area contributed by atoms with Gasteiger partial charge in [0.2, 0.25) is 5.91 Å². The summed E-state index contributed by atoms with van der Waals surface area (Å²) < 4.78 is 0. The van der Waals surface area contributed by atoms with Gasteiger partial charge in [0.15, 0.2) is 0 Å². The Kier molecular flexibility index (Phi) is 5.34. The average molecular weight is 328 g/mol. The van der Waals surface area contributed by atoms with E-state index in [1.807, 2.05) is 38.3 Å². The number of para-hydroxylation sites is 1. The van der Waals surface area contributed by atoms with Gasteiger partial charge in [0, 0.05) is 16.5 Å². The topological polar surface area (TPSA) is 58.2 Å². The van der Waals surface area contributed by atoms with Crippen molar-refractivity contribution in [2.75, 3.05) is 5.32 Å². The van der Waals surface area contributed by atoms with E-state index < -0.39 is 0 Å². The summed E-state index contributed by atoms with van der Waals surface area (Å²) in [5.74, 6) is -0.481. The third-order valence-corrected chi connectivity index (χ3v) is 3.70. The number of rotatable bonds is 4. The van der Waals surface area contributed by atoms with Crippen LogP contribution in [0, 0.1) is 0 Å². The van der Waals surface area contributed by atoms with Gasteiger partial charge >= 0.3 is 0 Å². The summed E-state index contributed by atoms with van der Waals surface area (Å²) in [6.07, 6.45) is 3.21. The molecule has 1 aromatic heterocycles. The molecular weight excluding hydrogens is 308 g/mol. The molecule has 0 aliphatic rings. The van der Waals surface area contributed by atoms with Crippen LogP contribution in [0.15, 0.2) is 47.9 Å². The molecule has 1 heterocycles. The summed E-state index contributed by atoms with van der Waals surface area (Å²) in [6.45, 7) is 5.74. The molecule has 5 heteroatoms. The third-order valence-electron chi connectivity index (χ3n) is 2.86. The number of carbonyl (C=O) groups excluding carboxylic acids is 2. The van der Waals surface area contributed by atoms with Gasteiger partial charge < -0.3 is 10.6 Å². The van der Waals surface area contributed by atoms with Crippen LogP contribution in [0.1, 0.15) is 36.0 Å². The summed E-state index contributed by atoms with van der Waals surface area (Å²) in [5, 5.41) is 7.60. The van der Waals surface area contributed by atoms with E-state index >= 15 is 0 Å². The number of benzene rings is 1. The molecule has 0 aliphatic heterocycles. The number of carbonyl (C=O) groups is 2. The number of hydrogen-bond acceptors (Lipinski definition) is 3. The number of nitrogens with one attached hydrogen (secondary N) is 2. The molecule has 0 aliphatic carbocycles. The minimum atomic E-state index is -0.340. The van der Waals surface area contributed by atoms with Gasteiger partial charge in [-0.1, -0.05) is 18.2 Å².